The number of hydrogen-bond acceptors (Lipinski definition) is 4. The molecule has 0 aliphatic rings. The molecular weight excluding hydrogens is 251 g/mol. The summed E-state index contributed by atoms with van der Waals surface area (Å²) in [5, 5.41) is 13.4. The molecule has 96 valence electrons. The smallest absolute Gasteiger partial charge is 0.127 e. The average Bonchev–Trinajstić information content (AvgIpc) is 2.77. The molecule has 0 saturated heterocycles. The Balaban J connectivity index is 2.13. The Morgan fingerprint density at radius 2 is 2.22 bits per heavy atom. The standard InChI is InChI=1S/C13H15FN2OS/c1-2-3-15-7-12-8-16-13(18-12)9-4-10(14)6-11(17)5-9/h4-6,8,15,17H,2-3,7H2,1H3. The van der Waals surface area contributed by atoms with E-state index in [-0.39, 0.29) is 5.75 Å². The predicted molar refractivity (Wildman–Crippen MR) is 71.2 cm³/mol. The van der Waals surface area contributed by atoms with Crippen LogP contribution >= 0.6 is 11.3 Å². The monoisotopic (exact) mass is 266 g/mol. The van der Waals surface area contributed by atoms with Crippen LogP contribution in [0.4, 0.5) is 4.39 Å². The number of nitrogens with one attached hydrogen (secondary N) is 1. The van der Waals surface area contributed by atoms with Gasteiger partial charge in [-0.2, -0.15) is 0 Å². The number of phenols is 1. The van der Waals surface area contributed by atoms with Gasteiger partial charge in [0.25, 0.3) is 0 Å². The number of phenolic OH excluding ortho intramolecular Hbond substituents is 1. The number of halogens is 1. The number of aromatic hydroxyl groups is 1. The van der Waals surface area contributed by atoms with Gasteiger partial charge in [0.2, 0.25) is 0 Å². The van der Waals surface area contributed by atoms with E-state index in [1.807, 2.05) is 0 Å². The van der Waals surface area contributed by atoms with Crippen LogP contribution in [0.5, 0.6) is 5.75 Å². The van der Waals surface area contributed by atoms with E-state index in [1.54, 1.807) is 6.20 Å². The van der Waals surface area contributed by atoms with E-state index in [9.17, 15) is 9.50 Å². The number of aromatic nitrogens is 1. The third-order valence-corrected chi connectivity index (χ3v) is 3.46. The third kappa shape index (κ3) is 3.27. The number of nitrogens with zero attached hydrogens (tertiary/aromatic N) is 1. The SMILES string of the molecule is CCCNCc1cnc(-c2cc(O)cc(F)c2)s1. The van der Waals surface area contributed by atoms with Crippen LogP contribution in [0.3, 0.4) is 0 Å². The Labute approximate surface area is 109 Å². The Bertz CT molecular complexity index is 507. The second kappa shape index (κ2) is 5.93. The molecule has 2 rings (SSSR count). The highest BCUT2D eigenvalue weighted by Gasteiger charge is 2.07. The summed E-state index contributed by atoms with van der Waals surface area (Å²) >= 11 is 1.50. The van der Waals surface area contributed by atoms with Crippen LogP contribution < -0.4 is 5.32 Å². The van der Waals surface area contributed by atoms with Gasteiger partial charge in [0.1, 0.15) is 16.6 Å². The Morgan fingerprint density at radius 3 is 2.94 bits per heavy atom. The highest BCUT2D eigenvalue weighted by Crippen LogP contribution is 2.28. The lowest BCUT2D eigenvalue weighted by Crippen LogP contribution is -2.12. The van der Waals surface area contributed by atoms with Crippen LogP contribution in [0.2, 0.25) is 0 Å². The molecule has 0 unspecified atom stereocenters. The first-order chi connectivity index (χ1) is 8.69. The second-order valence-corrected chi connectivity index (χ2v) is 5.12. The van der Waals surface area contributed by atoms with Crippen molar-refractivity contribution >= 4 is 11.3 Å². The van der Waals surface area contributed by atoms with Crippen LogP contribution in [0.1, 0.15) is 18.2 Å². The summed E-state index contributed by atoms with van der Waals surface area (Å²) in [5.41, 5.74) is 0.610. The summed E-state index contributed by atoms with van der Waals surface area (Å²) in [6, 6.07) is 3.98. The minimum Gasteiger partial charge on any atom is -0.508 e. The number of thiazole rings is 1. The van der Waals surface area contributed by atoms with Gasteiger partial charge < -0.3 is 10.4 Å². The molecule has 1 heterocycles. The van der Waals surface area contributed by atoms with Crippen molar-refractivity contribution in [2.75, 3.05) is 6.54 Å². The van der Waals surface area contributed by atoms with Gasteiger partial charge in [0.05, 0.1) is 0 Å². The van der Waals surface area contributed by atoms with Crippen LogP contribution in [0, 0.1) is 5.82 Å². The molecule has 0 saturated carbocycles. The van der Waals surface area contributed by atoms with E-state index < -0.39 is 5.82 Å². The lowest BCUT2D eigenvalue weighted by atomic mass is 10.2. The van der Waals surface area contributed by atoms with E-state index in [1.165, 1.54) is 23.5 Å². The molecule has 0 aliphatic heterocycles. The van der Waals surface area contributed by atoms with E-state index in [0.717, 1.165) is 35.5 Å². The van der Waals surface area contributed by atoms with Gasteiger partial charge in [-0.1, -0.05) is 6.92 Å². The predicted octanol–water partition coefficient (Wildman–Crippen LogP) is 3.15. The molecule has 1 aromatic carbocycles. The van der Waals surface area contributed by atoms with Gasteiger partial charge in [0.15, 0.2) is 0 Å². The first kappa shape index (κ1) is 13.0. The molecule has 0 fully saturated rings. The lowest BCUT2D eigenvalue weighted by Gasteiger charge is -1.99. The van der Waals surface area contributed by atoms with Crippen molar-refractivity contribution in [3.8, 4) is 16.3 Å². The number of hydrogen-bond donors (Lipinski definition) is 2. The van der Waals surface area contributed by atoms with Crippen molar-refractivity contribution < 1.29 is 9.50 Å². The summed E-state index contributed by atoms with van der Waals surface area (Å²) in [7, 11) is 0. The van der Waals surface area contributed by atoms with Crippen LogP contribution in [0.25, 0.3) is 10.6 Å². The van der Waals surface area contributed by atoms with Gasteiger partial charge in [-0.15, -0.1) is 11.3 Å². The molecule has 2 N–H and O–H groups in total. The summed E-state index contributed by atoms with van der Waals surface area (Å²) in [5.74, 6) is -0.531. The van der Waals surface area contributed by atoms with Crippen molar-refractivity contribution in [1.29, 1.82) is 0 Å². The van der Waals surface area contributed by atoms with Gasteiger partial charge in [-0.05, 0) is 25.1 Å². The van der Waals surface area contributed by atoms with Crippen LogP contribution in [-0.2, 0) is 6.54 Å². The zero-order valence-electron chi connectivity index (χ0n) is 10.1. The van der Waals surface area contributed by atoms with Crippen molar-refractivity contribution in [3.63, 3.8) is 0 Å². The summed E-state index contributed by atoms with van der Waals surface area (Å²) < 4.78 is 13.2. The fraction of sp³-hybridized carbons (Fsp3) is 0.308. The van der Waals surface area contributed by atoms with Crippen LogP contribution in [-0.4, -0.2) is 16.6 Å². The zero-order valence-corrected chi connectivity index (χ0v) is 10.9. The second-order valence-electron chi connectivity index (χ2n) is 4.01. The van der Waals surface area contributed by atoms with Crippen LogP contribution in [0.15, 0.2) is 24.4 Å². The third-order valence-electron chi connectivity index (χ3n) is 2.41. The molecule has 0 radical (unpaired) electrons. The average molecular weight is 266 g/mol. The molecule has 0 spiro atoms. The van der Waals surface area contributed by atoms with Gasteiger partial charge in [0, 0.05) is 29.2 Å². The molecule has 5 heteroatoms. The molecule has 0 aliphatic carbocycles. The summed E-state index contributed by atoms with van der Waals surface area (Å²) in [6.07, 6.45) is 2.87. The molecule has 3 nitrogen and oxygen atoms in total. The minimum absolute atomic E-state index is 0.0779. The highest BCUT2D eigenvalue weighted by atomic mass is 32.1. The molecule has 0 atom stereocenters. The first-order valence-electron chi connectivity index (χ1n) is 5.84. The van der Waals surface area contributed by atoms with Gasteiger partial charge >= 0.3 is 0 Å². The topological polar surface area (TPSA) is 45.2 Å². The van der Waals surface area contributed by atoms with Gasteiger partial charge in [-0.25, -0.2) is 9.37 Å². The largest absolute Gasteiger partial charge is 0.508 e. The van der Waals surface area contributed by atoms with Gasteiger partial charge in [-0.3, -0.25) is 0 Å². The van der Waals surface area contributed by atoms with E-state index in [4.69, 9.17) is 0 Å². The highest BCUT2D eigenvalue weighted by molar-refractivity contribution is 7.15. The van der Waals surface area contributed by atoms with E-state index in [2.05, 4.69) is 17.2 Å². The normalized spacial score (nSPS) is 10.8. The molecule has 18 heavy (non-hydrogen) atoms. The summed E-state index contributed by atoms with van der Waals surface area (Å²) in [4.78, 5) is 5.35. The lowest BCUT2D eigenvalue weighted by molar-refractivity contribution is 0.469. The van der Waals surface area contributed by atoms with Crippen molar-refractivity contribution in [1.82, 2.24) is 10.3 Å². The van der Waals surface area contributed by atoms with Crippen molar-refractivity contribution in [2.45, 2.75) is 19.9 Å². The fourth-order valence-corrected chi connectivity index (χ4v) is 2.48. The Kier molecular flexibility index (Phi) is 4.28. The van der Waals surface area contributed by atoms with E-state index in [0.29, 0.717) is 5.56 Å². The molecule has 0 amide bonds. The maximum Gasteiger partial charge on any atom is 0.127 e. The number of benzene rings is 1. The quantitative estimate of drug-likeness (QED) is 0.817. The maximum atomic E-state index is 13.2. The fourth-order valence-electron chi connectivity index (χ4n) is 1.61. The van der Waals surface area contributed by atoms with E-state index >= 15 is 0 Å². The van der Waals surface area contributed by atoms with Crippen molar-refractivity contribution in [2.24, 2.45) is 0 Å². The minimum atomic E-state index is -0.453. The zero-order chi connectivity index (χ0) is 13.0. The Morgan fingerprint density at radius 1 is 1.39 bits per heavy atom. The molecule has 0 bridgehead atoms. The number of rotatable bonds is 5. The molecular formula is C13H15FN2OS. The molecule has 2 aromatic rings. The van der Waals surface area contributed by atoms with Crippen molar-refractivity contribution in [3.05, 3.63) is 35.1 Å². The maximum absolute atomic E-state index is 13.2. The first-order valence-corrected chi connectivity index (χ1v) is 6.66. The Hall–Kier alpha value is -1.46. The summed E-state index contributed by atoms with van der Waals surface area (Å²) in [6.45, 7) is 3.85. The molecule has 1 aromatic heterocycles.